The van der Waals surface area contributed by atoms with Crippen LogP contribution in [0.2, 0.25) is 0 Å². The number of rotatable bonds is 4. The lowest BCUT2D eigenvalue weighted by molar-refractivity contribution is 0.0481. The standard InChI is InChI=1S/C14H23NO3/c1-8-9(2)17-10(3)13(8)14(15)12-6-5-11(18-12)7-16-4/h5-6,8-10,13-14H,7,15H2,1-4H3. The molecule has 2 rings (SSSR count). The minimum Gasteiger partial charge on any atom is -0.462 e. The molecule has 2 heterocycles. The van der Waals surface area contributed by atoms with Crippen LogP contribution < -0.4 is 5.73 Å². The molecule has 4 heteroatoms. The van der Waals surface area contributed by atoms with Gasteiger partial charge in [0, 0.05) is 13.0 Å². The Labute approximate surface area is 108 Å². The average molecular weight is 253 g/mol. The third-order valence-electron chi connectivity index (χ3n) is 4.03. The van der Waals surface area contributed by atoms with Gasteiger partial charge in [0.05, 0.1) is 18.2 Å². The molecule has 1 aromatic heterocycles. The van der Waals surface area contributed by atoms with Crippen LogP contribution in [0.25, 0.3) is 0 Å². The molecule has 0 radical (unpaired) electrons. The summed E-state index contributed by atoms with van der Waals surface area (Å²) in [5.74, 6) is 2.37. The quantitative estimate of drug-likeness (QED) is 0.895. The lowest BCUT2D eigenvalue weighted by Crippen LogP contribution is -2.30. The van der Waals surface area contributed by atoms with Gasteiger partial charge in [-0.25, -0.2) is 0 Å². The van der Waals surface area contributed by atoms with E-state index in [0.717, 1.165) is 11.5 Å². The first kappa shape index (κ1) is 13.6. The summed E-state index contributed by atoms with van der Waals surface area (Å²) in [7, 11) is 1.65. The van der Waals surface area contributed by atoms with E-state index in [0.29, 0.717) is 18.4 Å². The van der Waals surface area contributed by atoms with Crippen molar-refractivity contribution >= 4 is 0 Å². The minimum absolute atomic E-state index is 0.120. The van der Waals surface area contributed by atoms with Crippen LogP contribution in [0.3, 0.4) is 0 Å². The Morgan fingerprint density at radius 3 is 2.56 bits per heavy atom. The largest absolute Gasteiger partial charge is 0.462 e. The van der Waals surface area contributed by atoms with Gasteiger partial charge in [-0.3, -0.25) is 0 Å². The van der Waals surface area contributed by atoms with Crippen molar-refractivity contribution in [1.82, 2.24) is 0 Å². The van der Waals surface area contributed by atoms with E-state index in [9.17, 15) is 0 Å². The van der Waals surface area contributed by atoms with Gasteiger partial charge in [-0.05, 0) is 31.9 Å². The van der Waals surface area contributed by atoms with Crippen LogP contribution in [0.5, 0.6) is 0 Å². The van der Waals surface area contributed by atoms with Crippen LogP contribution in [-0.4, -0.2) is 19.3 Å². The van der Waals surface area contributed by atoms with E-state index >= 15 is 0 Å². The highest BCUT2D eigenvalue weighted by atomic mass is 16.5. The van der Waals surface area contributed by atoms with Crippen LogP contribution >= 0.6 is 0 Å². The molecule has 0 saturated carbocycles. The van der Waals surface area contributed by atoms with Gasteiger partial charge in [0.25, 0.3) is 0 Å². The molecule has 4 nitrogen and oxygen atoms in total. The van der Waals surface area contributed by atoms with E-state index in [4.69, 9.17) is 19.6 Å². The number of methoxy groups -OCH3 is 1. The van der Waals surface area contributed by atoms with Crippen molar-refractivity contribution in [1.29, 1.82) is 0 Å². The normalized spacial score (nSPS) is 33.8. The predicted molar refractivity (Wildman–Crippen MR) is 69.0 cm³/mol. The van der Waals surface area contributed by atoms with Crippen LogP contribution in [0.15, 0.2) is 16.5 Å². The molecule has 0 spiro atoms. The first-order valence-corrected chi connectivity index (χ1v) is 6.53. The molecule has 5 atom stereocenters. The monoisotopic (exact) mass is 253 g/mol. The number of nitrogens with two attached hydrogens (primary N) is 1. The fourth-order valence-electron chi connectivity index (χ4n) is 2.90. The highest BCUT2D eigenvalue weighted by Gasteiger charge is 2.41. The van der Waals surface area contributed by atoms with Gasteiger partial charge in [0.2, 0.25) is 0 Å². The minimum atomic E-state index is -0.120. The molecule has 0 amide bonds. The highest BCUT2D eigenvalue weighted by Crippen LogP contribution is 2.39. The third-order valence-corrected chi connectivity index (χ3v) is 4.03. The van der Waals surface area contributed by atoms with Gasteiger partial charge >= 0.3 is 0 Å². The summed E-state index contributed by atoms with van der Waals surface area (Å²) in [6.07, 6.45) is 0.422. The van der Waals surface area contributed by atoms with E-state index in [2.05, 4.69) is 20.8 Å². The first-order valence-electron chi connectivity index (χ1n) is 6.53. The van der Waals surface area contributed by atoms with Crippen molar-refractivity contribution in [3.05, 3.63) is 23.7 Å². The van der Waals surface area contributed by atoms with E-state index in [-0.39, 0.29) is 18.2 Å². The Kier molecular flexibility index (Phi) is 4.10. The van der Waals surface area contributed by atoms with E-state index in [1.54, 1.807) is 7.11 Å². The molecule has 0 aliphatic carbocycles. The fourth-order valence-corrected chi connectivity index (χ4v) is 2.90. The second-order valence-electron chi connectivity index (χ2n) is 5.25. The molecule has 18 heavy (non-hydrogen) atoms. The highest BCUT2D eigenvalue weighted by molar-refractivity contribution is 5.12. The molecule has 0 bridgehead atoms. The number of ether oxygens (including phenoxy) is 2. The Morgan fingerprint density at radius 2 is 2.00 bits per heavy atom. The zero-order chi connectivity index (χ0) is 13.3. The van der Waals surface area contributed by atoms with Crippen molar-refractivity contribution in [2.75, 3.05) is 7.11 Å². The molecule has 5 unspecified atom stereocenters. The van der Waals surface area contributed by atoms with Crippen LogP contribution in [-0.2, 0) is 16.1 Å². The van der Waals surface area contributed by atoms with E-state index in [1.165, 1.54) is 0 Å². The van der Waals surface area contributed by atoms with Crippen LogP contribution in [0.1, 0.15) is 38.3 Å². The Hall–Kier alpha value is -0.840. The summed E-state index contributed by atoms with van der Waals surface area (Å²) < 4.78 is 16.6. The molecule has 0 aromatic carbocycles. The summed E-state index contributed by atoms with van der Waals surface area (Å²) in [6, 6.07) is 3.75. The second-order valence-corrected chi connectivity index (χ2v) is 5.25. The second kappa shape index (κ2) is 5.43. The van der Waals surface area contributed by atoms with Crippen molar-refractivity contribution in [2.24, 2.45) is 17.6 Å². The fraction of sp³-hybridized carbons (Fsp3) is 0.714. The van der Waals surface area contributed by atoms with Gasteiger partial charge in [0.1, 0.15) is 18.1 Å². The topological polar surface area (TPSA) is 57.6 Å². The van der Waals surface area contributed by atoms with Gasteiger partial charge < -0.3 is 19.6 Å². The predicted octanol–water partition coefficient (Wildman–Crippen LogP) is 2.49. The van der Waals surface area contributed by atoms with Gasteiger partial charge in [-0.1, -0.05) is 6.92 Å². The Balaban J connectivity index is 2.12. The van der Waals surface area contributed by atoms with Crippen molar-refractivity contribution in [3.63, 3.8) is 0 Å². The number of hydrogen-bond acceptors (Lipinski definition) is 4. The first-order chi connectivity index (χ1) is 8.54. The number of hydrogen-bond donors (Lipinski definition) is 1. The average Bonchev–Trinajstić information content (AvgIpc) is 2.86. The summed E-state index contributed by atoms with van der Waals surface area (Å²) >= 11 is 0. The van der Waals surface area contributed by atoms with Crippen molar-refractivity contribution in [3.8, 4) is 0 Å². The van der Waals surface area contributed by atoms with Crippen LogP contribution in [0.4, 0.5) is 0 Å². The molecule has 1 saturated heterocycles. The zero-order valence-electron chi connectivity index (χ0n) is 11.6. The molecular formula is C14H23NO3. The molecule has 102 valence electrons. The molecular weight excluding hydrogens is 230 g/mol. The van der Waals surface area contributed by atoms with Crippen molar-refractivity contribution in [2.45, 2.75) is 45.6 Å². The van der Waals surface area contributed by atoms with Crippen LogP contribution in [0, 0.1) is 11.8 Å². The molecule has 1 aromatic rings. The summed E-state index contributed by atoms with van der Waals surface area (Å²) in [5.41, 5.74) is 6.34. The van der Waals surface area contributed by atoms with E-state index < -0.39 is 0 Å². The lowest BCUT2D eigenvalue weighted by Gasteiger charge is -2.24. The summed E-state index contributed by atoms with van der Waals surface area (Å²) in [4.78, 5) is 0. The third kappa shape index (κ3) is 2.46. The number of furan rings is 1. The molecule has 1 aliphatic heterocycles. The maximum absolute atomic E-state index is 6.34. The summed E-state index contributed by atoms with van der Waals surface area (Å²) in [6.45, 7) is 6.86. The zero-order valence-corrected chi connectivity index (χ0v) is 11.6. The summed E-state index contributed by atoms with van der Waals surface area (Å²) in [5, 5.41) is 0. The SMILES string of the molecule is COCc1ccc(C(N)C2C(C)OC(C)C2C)o1. The van der Waals surface area contributed by atoms with E-state index in [1.807, 2.05) is 12.1 Å². The molecule has 2 N–H and O–H groups in total. The van der Waals surface area contributed by atoms with Gasteiger partial charge in [-0.15, -0.1) is 0 Å². The Bertz CT molecular complexity index is 390. The van der Waals surface area contributed by atoms with Gasteiger partial charge in [-0.2, -0.15) is 0 Å². The lowest BCUT2D eigenvalue weighted by atomic mass is 9.83. The van der Waals surface area contributed by atoms with Gasteiger partial charge in [0.15, 0.2) is 0 Å². The molecule has 1 fully saturated rings. The Morgan fingerprint density at radius 1 is 1.28 bits per heavy atom. The van der Waals surface area contributed by atoms with Crippen molar-refractivity contribution < 1.29 is 13.9 Å². The smallest absolute Gasteiger partial charge is 0.129 e. The molecule has 1 aliphatic rings. The maximum Gasteiger partial charge on any atom is 0.129 e. The maximum atomic E-state index is 6.34.